The van der Waals surface area contributed by atoms with Gasteiger partial charge in [0.25, 0.3) is 5.92 Å². The van der Waals surface area contributed by atoms with E-state index in [1.54, 1.807) is 18.2 Å². The minimum atomic E-state index is -2.97. The zero-order valence-electron chi connectivity index (χ0n) is 13.0. The summed E-state index contributed by atoms with van der Waals surface area (Å²) >= 11 is 0. The van der Waals surface area contributed by atoms with Gasteiger partial charge < -0.3 is 24.8 Å². The van der Waals surface area contributed by atoms with E-state index in [2.05, 4.69) is 5.32 Å². The Hall–Kier alpha value is -2.09. The van der Waals surface area contributed by atoms with Crippen LogP contribution in [0.5, 0.6) is 11.5 Å². The molecular weight excluding hydrogens is 310 g/mol. The lowest BCUT2D eigenvalue weighted by Crippen LogP contribution is -2.44. The first-order valence-electron chi connectivity index (χ1n) is 7.14. The van der Waals surface area contributed by atoms with Crippen LogP contribution in [0.3, 0.4) is 0 Å². The summed E-state index contributed by atoms with van der Waals surface area (Å²) in [6, 6.07) is 3.59. The second-order valence-corrected chi connectivity index (χ2v) is 5.36. The number of carbonyl (C=O) groups is 1. The maximum atomic E-state index is 13.4. The van der Waals surface area contributed by atoms with Gasteiger partial charge in [0.2, 0.25) is 0 Å². The molecule has 0 radical (unpaired) electrons. The number of nitrogens with zero attached hydrogens (tertiary/aromatic N) is 1. The molecule has 0 aliphatic carbocycles. The van der Waals surface area contributed by atoms with E-state index in [-0.39, 0.29) is 6.54 Å². The summed E-state index contributed by atoms with van der Waals surface area (Å²) in [6.45, 7) is -1.06. The summed E-state index contributed by atoms with van der Waals surface area (Å²) in [5, 5.41) is 11.7. The Morgan fingerprint density at radius 1 is 1.43 bits per heavy atom. The van der Waals surface area contributed by atoms with Crippen molar-refractivity contribution in [2.24, 2.45) is 0 Å². The second-order valence-electron chi connectivity index (χ2n) is 5.36. The largest absolute Gasteiger partial charge is 0.497 e. The number of amides is 2. The molecular formula is C15H20F2N2O4. The van der Waals surface area contributed by atoms with Crippen LogP contribution >= 0.6 is 0 Å². The van der Waals surface area contributed by atoms with E-state index in [4.69, 9.17) is 14.6 Å². The molecule has 1 heterocycles. The lowest BCUT2D eigenvalue weighted by molar-refractivity contribution is 0.0141. The number of likely N-dealkylation sites (tertiary alicyclic amines) is 1. The minimum absolute atomic E-state index is 0.117. The lowest BCUT2D eigenvalue weighted by Gasteiger charge is -2.23. The van der Waals surface area contributed by atoms with Gasteiger partial charge in [0.15, 0.2) is 0 Å². The van der Waals surface area contributed by atoms with Gasteiger partial charge in [-0.05, 0) is 12.1 Å². The van der Waals surface area contributed by atoms with Crippen LogP contribution < -0.4 is 14.8 Å². The van der Waals surface area contributed by atoms with Crippen LogP contribution in [0, 0.1) is 0 Å². The van der Waals surface area contributed by atoms with E-state index in [0.717, 1.165) is 4.90 Å². The summed E-state index contributed by atoms with van der Waals surface area (Å²) < 4.78 is 37.1. The number of rotatable bonds is 5. The number of aliphatic hydroxyl groups is 1. The van der Waals surface area contributed by atoms with Crippen molar-refractivity contribution in [2.45, 2.75) is 24.9 Å². The first kappa shape index (κ1) is 17.3. The molecule has 6 nitrogen and oxygen atoms in total. The fraction of sp³-hybridized carbons (Fsp3) is 0.533. The van der Waals surface area contributed by atoms with E-state index < -0.39 is 37.6 Å². The Bertz CT molecular complexity index is 568. The van der Waals surface area contributed by atoms with Crippen molar-refractivity contribution in [3.8, 4) is 11.5 Å². The van der Waals surface area contributed by atoms with E-state index >= 15 is 0 Å². The second kappa shape index (κ2) is 6.99. The third-order valence-electron chi connectivity index (χ3n) is 3.77. The fourth-order valence-electron chi connectivity index (χ4n) is 2.57. The first-order chi connectivity index (χ1) is 10.9. The van der Waals surface area contributed by atoms with Crippen molar-refractivity contribution < 1.29 is 28.2 Å². The molecule has 2 N–H and O–H groups in total. The molecule has 23 heavy (non-hydrogen) atoms. The molecule has 128 valence electrons. The van der Waals surface area contributed by atoms with Gasteiger partial charge in [-0.3, -0.25) is 0 Å². The van der Waals surface area contributed by atoms with E-state index in [9.17, 15) is 13.6 Å². The Morgan fingerprint density at radius 3 is 2.78 bits per heavy atom. The quantitative estimate of drug-likeness (QED) is 0.861. The van der Waals surface area contributed by atoms with Crippen LogP contribution in [-0.2, 0) is 6.54 Å². The summed E-state index contributed by atoms with van der Waals surface area (Å²) in [5.41, 5.74) is 0.688. The van der Waals surface area contributed by atoms with Crippen LogP contribution in [0.15, 0.2) is 18.2 Å². The molecule has 0 spiro atoms. The number of urea groups is 1. The topological polar surface area (TPSA) is 71.0 Å². The van der Waals surface area contributed by atoms with E-state index in [1.807, 2.05) is 0 Å². The van der Waals surface area contributed by atoms with Crippen molar-refractivity contribution in [3.05, 3.63) is 23.8 Å². The number of ether oxygens (including phenoxy) is 2. The molecule has 0 bridgehead atoms. The Morgan fingerprint density at radius 2 is 2.17 bits per heavy atom. The molecule has 0 aromatic heterocycles. The standard InChI is InChI=1S/C15H20F2N2O4/c1-22-12-4-3-10(13(5-12)23-2)7-18-14(21)19-9-15(16,17)6-11(19)8-20/h3-5,11,20H,6-9H2,1-2H3,(H,18,21). The molecule has 1 aliphatic rings. The highest BCUT2D eigenvalue weighted by atomic mass is 19.3. The third kappa shape index (κ3) is 4.01. The Balaban J connectivity index is 2.02. The molecule has 1 saturated heterocycles. The predicted octanol–water partition coefficient (Wildman–Crippen LogP) is 1.62. The molecule has 1 aliphatic heterocycles. The number of hydrogen-bond donors (Lipinski definition) is 2. The predicted molar refractivity (Wildman–Crippen MR) is 78.9 cm³/mol. The van der Waals surface area contributed by atoms with Gasteiger partial charge in [0.05, 0.1) is 33.4 Å². The lowest BCUT2D eigenvalue weighted by atomic mass is 10.2. The molecule has 2 rings (SSSR count). The number of alkyl halides is 2. The van der Waals surface area contributed by atoms with Crippen molar-refractivity contribution in [3.63, 3.8) is 0 Å². The number of nitrogens with one attached hydrogen (secondary N) is 1. The number of halogens is 2. The SMILES string of the molecule is COc1ccc(CNC(=O)N2CC(F)(F)CC2CO)c(OC)c1. The Labute approximate surface area is 133 Å². The van der Waals surface area contributed by atoms with Gasteiger partial charge in [-0.25, -0.2) is 13.6 Å². The van der Waals surface area contributed by atoms with Gasteiger partial charge in [0.1, 0.15) is 11.5 Å². The summed E-state index contributed by atoms with van der Waals surface area (Å²) in [5.74, 6) is -1.84. The van der Waals surface area contributed by atoms with Crippen molar-refractivity contribution in [2.75, 3.05) is 27.4 Å². The number of aliphatic hydroxyl groups excluding tert-OH is 1. The molecule has 1 unspecified atom stereocenters. The molecule has 2 amide bonds. The molecule has 1 fully saturated rings. The highest BCUT2D eigenvalue weighted by Gasteiger charge is 2.46. The molecule has 8 heteroatoms. The van der Waals surface area contributed by atoms with Crippen LogP contribution in [0.2, 0.25) is 0 Å². The van der Waals surface area contributed by atoms with Gasteiger partial charge in [-0.1, -0.05) is 0 Å². The fourth-order valence-corrected chi connectivity index (χ4v) is 2.57. The number of hydrogen-bond acceptors (Lipinski definition) is 4. The summed E-state index contributed by atoms with van der Waals surface area (Å²) in [4.78, 5) is 13.1. The highest BCUT2D eigenvalue weighted by Crippen LogP contribution is 2.32. The number of benzene rings is 1. The highest BCUT2D eigenvalue weighted by molar-refractivity contribution is 5.75. The third-order valence-corrected chi connectivity index (χ3v) is 3.77. The number of methoxy groups -OCH3 is 2. The monoisotopic (exact) mass is 330 g/mol. The zero-order valence-corrected chi connectivity index (χ0v) is 13.0. The molecule has 1 aromatic carbocycles. The normalized spacial score (nSPS) is 19.5. The maximum absolute atomic E-state index is 13.4. The van der Waals surface area contributed by atoms with Gasteiger partial charge in [-0.15, -0.1) is 0 Å². The smallest absolute Gasteiger partial charge is 0.318 e. The van der Waals surface area contributed by atoms with Crippen molar-refractivity contribution in [1.82, 2.24) is 10.2 Å². The minimum Gasteiger partial charge on any atom is -0.497 e. The first-order valence-corrected chi connectivity index (χ1v) is 7.14. The molecule has 1 aromatic rings. The van der Waals surface area contributed by atoms with Crippen LogP contribution in [-0.4, -0.2) is 55.4 Å². The van der Waals surface area contributed by atoms with E-state index in [0.29, 0.717) is 17.1 Å². The summed E-state index contributed by atoms with van der Waals surface area (Å²) in [7, 11) is 3.02. The van der Waals surface area contributed by atoms with E-state index in [1.165, 1.54) is 14.2 Å². The average molecular weight is 330 g/mol. The van der Waals surface area contributed by atoms with Crippen LogP contribution in [0.1, 0.15) is 12.0 Å². The van der Waals surface area contributed by atoms with Crippen molar-refractivity contribution >= 4 is 6.03 Å². The summed E-state index contributed by atoms with van der Waals surface area (Å²) in [6.07, 6.45) is -0.525. The van der Waals surface area contributed by atoms with Gasteiger partial charge in [0, 0.05) is 24.6 Å². The number of carbonyl (C=O) groups excluding carboxylic acids is 1. The van der Waals surface area contributed by atoms with Crippen molar-refractivity contribution in [1.29, 1.82) is 0 Å². The zero-order chi connectivity index (χ0) is 17.0. The van der Waals surface area contributed by atoms with Gasteiger partial charge >= 0.3 is 6.03 Å². The average Bonchev–Trinajstić information content (AvgIpc) is 2.87. The molecule has 1 atom stereocenters. The van der Waals surface area contributed by atoms with Crippen LogP contribution in [0.25, 0.3) is 0 Å². The van der Waals surface area contributed by atoms with Crippen LogP contribution in [0.4, 0.5) is 13.6 Å². The molecule has 0 saturated carbocycles. The Kier molecular flexibility index (Phi) is 5.25. The maximum Gasteiger partial charge on any atom is 0.318 e. The van der Waals surface area contributed by atoms with Gasteiger partial charge in [-0.2, -0.15) is 0 Å².